The number of Topliss-reactive ketones (excluding diaryl/α,β-unsaturated/α-hetero) is 1. The highest BCUT2D eigenvalue weighted by atomic mass is 32.2. The van der Waals surface area contributed by atoms with Crippen LogP contribution in [0.2, 0.25) is 0 Å². The molecule has 1 unspecified atom stereocenters. The third kappa shape index (κ3) is 6.09. The van der Waals surface area contributed by atoms with Gasteiger partial charge in [-0.2, -0.15) is 0 Å². The smallest absolute Gasteiger partial charge is 0.191 e. The van der Waals surface area contributed by atoms with E-state index in [-0.39, 0.29) is 12.4 Å². The van der Waals surface area contributed by atoms with E-state index in [4.69, 9.17) is 14.2 Å². The second-order valence-corrected chi connectivity index (χ2v) is 8.00. The average molecular weight is 458 g/mol. The van der Waals surface area contributed by atoms with E-state index < -0.39 is 6.10 Å². The summed E-state index contributed by atoms with van der Waals surface area (Å²) in [7, 11) is 3.16. The number of rotatable bonds is 12. The SMILES string of the molecule is COCCn1c(SCC(O)COc2ccc(C(C)=O)cc2OC)nnc1-c1ccccc1. The van der Waals surface area contributed by atoms with Gasteiger partial charge in [0.05, 0.1) is 26.4 Å². The number of thioether (sulfide) groups is 1. The number of ketones is 1. The predicted octanol–water partition coefficient (Wildman–Crippen LogP) is 3.33. The van der Waals surface area contributed by atoms with E-state index >= 15 is 0 Å². The van der Waals surface area contributed by atoms with E-state index in [0.29, 0.717) is 41.1 Å². The lowest BCUT2D eigenvalue weighted by atomic mass is 10.1. The molecule has 1 atom stereocenters. The number of hydrogen-bond donors (Lipinski definition) is 1. The summed E-state index contributed by atoms with van der Waals surface area (Å²) in [5, 5.41) is 19.8. The molecule has 8 nitrogen and oxygen atoms in total. The molecule has 1 heterocycles. The van der Waals surface area contributed by atoms with Gasteiger partial charge in [-0.1, -0.05) is 42.1 Å². The fraction of sp³-hybridized carbons (Fsp3) is 0.348. The summed E-state index contributed by atoms with van der Waals surface area (Å²) in [5.41, 5.74) is 1.50. The summed E-state index contributed by atoms with van der Waals surface area (Å²) in [6, 6.07) is 14.8. The number of carbonyl (C=O) groups excluding carboxylic acids is 1. The molecule has 0 amide bonds. The van der Waals surface area contributed by atoms with Gasteiger partial charge in [0.15, 0.2) is 28.3 Å². The summed E-state index contributed by atoms with van der Waals surface area (Å²) < 4.78 is 18.2. The largest absolute Gasteiger partial charge is 0.493 e. The molecule has 0 spiro atoms. The maximum Gasteiger partial charge on any atom is 0.191 e. The molecule has 0 radical (unpaired) electrons. The van der Waals surface area contributed by atoms with Crippen molar-refractivity contribution in [2.75, 3.05) is 33.2 Å². The summed E-state index contributed by atoms with van der Waals surface area (Å²) in [6.45, 7) is 2.68. The van der Waals surface area contributed by atoms with Gasteiger partial charge in [-0.25, -0.2) is 0 Å². The molecule has 9 heteroatoms. The van der Waals surface area contributed by atoms with Gasteiger partial charge in [0.25, 0.3) is 0 Å². The van der Waals surface area contributed by atoms with Crippen molar-refractivity contribution in [1.82, 2.24) is 14.8 Å². The molecule has 0 aliphatic heterocycles. The molecule has 3 aromatic rings. The molecule has 0 saturated carbocycles. The third-order valence-corrected chi connectivity index (χ3v) is 5.79. The first-order valence-electron chi connectivity index (χ1n) is 10.1. The maximum absolute atomic E-state index is 11.5. The van der Waals surface area contributed by atoms with Crippen LogP contribution in [0.1, 0.15) is 17.3 Å². The first-order chi connectivity index (χ1) is 15.5. The Bertz CT molecular complexity index is 1030. The summed E-state index contributed by atoms with van der Waals surface area (Å²) in [4.78, 5) is 11.5. The summed E-state index contributed by atoms with van der Waals surface area (Å²) >= 11 is 1.40. The molecule has 0 fully saturated rings. The van der Waals surface area contributed by atoms with E-state index in [1.54, 1.807) is 25.3 Å². The van der Waals surface area contributed by atoms with Crippen LogP contribution in [0.5, 0.6) is 11.5 Å². The molecule has 0 aliphatic rings. The van der Waals surface area contributed by atoms with Gasteiger partial charge >= 0.3 is 0 Å². The number of methoxy groups -OCH3 is 2. The van der Waals surface area contributed by atoms with Crippen LogP contribution in [0.15, 0.2) is 53.7 Å². The van der Waals surface area contributed by atoms with Crippen molar-refractivity contribution in [3.05, 3.63) is 54.1 Å². The zero-order valence-corrected chi connectivity index (χ0v) is 19.2. The van der Waals surface area contributed by atoms with E-state index in [9.17, 15) is 9.90 Å². The van der Waals surface area contributed by atoms with Crippen LogP contribution in [0.4, 0.5) is 0 Å². The van der Waals surface area contributed by atoms with Crippen molar-refractivity contribution < 1.29 is 24.1 Å². The van der Waals surface area contributed by atoms with Crippen LogP contribution in [-0.4, -0.2) is 64.9 Å². The second kappa shape index (κ2) is 11.7. The Balaban J connectivity index is 1.63. The zero-order valence-electron chi connectivity index (χ0n) is 18.4. The van der Waals surface area contributed by atoms with Gasteiger partial charge in [-0.3, -0.25) is 9.36 Å². The molecule has 2 aromatic carbocycles. The van der Waals surface area contributed by atoms with Crippen LogP contribution in [0.3, 0.4) is 0 Å². The van der Waals surface area contributed by atoms with E-state index in [2.05, 4.69) is 10.2 Å². The monoisotopic (exact) mass is 457 g/mol. The molecule has 32 heavy (non-hydrogen) atoms. The van der Waals surface area contributed by atoms with Gasteiger partial charge in [0.1, 0.15) is 6.61 Å². The van der Waals surface area contributed by atoms with Crippen molar-refractivity contribution in [2.45, 2.75) is 24.7 Å². The third-order valence-electron chi connectivity index (χ3n) is 4.67. The fourth-order valence-electron chi connectivity index (χ4n) is 2.99. The average Bonchev–Trinajstić information content (AvgIpc) is 3.22. The van der Waals surface area contributed by atoms with Crippen molar-refractivity contribution in [3.63, 3.8) is 0 Å². The minimum Gasteiger partial charge on any atom is -0.493 e. The number of hydrogen-bond acceptors (Lipinski definition) is 8. The molecule has 0 saturated heterocycles. The minimum absolute atomic E-state index is 0.0567. The van der Waals surface area contributed by atoms with Crippen LogP contribution in [0, 0.1) is 0 Å². The summed E-state index contributed by atoms with van der Waals surface area (Å²) in [5.74, 6) is 1.98. The molecule has 1 N–H and O–H groups in total. The number of aliphatic hydroxyl groups excluding tert-OH is 1. The number of aliphatic hydroxyl groups is 1. The molecule has 170 valence electrons. The predicted molar refractivity (Wildman–Crippen MR) is 123 cm³/mol. The van der Waals surface area contributed by atoms with Gasteiger partial charge in [0, 0.05) is 24.0 Å². The van der Waals surface area contributed by atoms with Crippen molar-refractivity contribution in [2.24, 2.45) is 0 Å². The van der Waals surface area contributed by atoms with Crippen LogP contribution in [-0.2, 0) is 11.3 Å². The number of ether oxygens (including phenoxy) is 3. The van der Waals surface area contributed by atoms with Gasteiger partial charge < -0.3 is 19.3 Å². The van der Waals surface area contributed by atoms with Crippen molar-refractivity contribution >= 4 is 17.5 Å². The first kappa shape index (κ1) is 23.8. The van der Waals surface area contributed by atoms with E-state index in [1.165, 1.54) is 25.8 Å². The topological polar surface area (TPSA) is 95.7 Å². The molecule has 3 rings (SSSR count). The maximum atomic E-state index is 11.5. The second-order valence-electron chi connectivity index (χ2n) is 7.01. The Kier molecular flexibility index (Phi) is 8.66. The zero-order chi connectivity index (χ0) is 22.9. The van der Waals surface area contributed by atoms with Crippen LogP contribution < -0.4 is 9.47 Å². The number of aromatic nitrogens is 3. The Hall–Kier alpha value is -2.88. The molecule has 0 bridgehead atoms. The van der Waals surface area contributed by atoms with Crippen molar-refractivity contribution in [3.8, 4) is 22.9 Å². The van der Waals surface area contributed by atoms with E-state index in [1.807, 2.05) is 34.9 Å². The highest BCUT2D eigenvalue weighted by Crippen LogP contribution is 2.29. The summed E-state index contributed by atoms with van der Waals surface area (Å²) in [6.07, 6.45) is -0.745. The quantitative estimate of drug-likeness (QED) is 0.327. The molecular weight excluding hydrogens is 430 g/mol. The Morgan fingerprint density at radius 1 is 1.12 bits per heavy atom. The Morgan fingerprint density at radius 2 is 1.91 bits per heavy atom. The van der Waals surface area contributed by atoms with Gasteiger partial charge in [-0.15, -0.1) is 10.2 Å². The highest BCUT2D eigenvalue weighted by molar-refractivity contribution is 7.99. The lowest BCUT2D eigenvalue weighted by Crippen LogP contribution is -2.20. The van der Waals surface area contributed by atoms with Crippen molar-refractivity contribution in [1.29, 1.82) is 0 Å². The van der Waals surface area contributed by atoms with E-state index in [0.717, 1.165) is 11.4 Å². The van der Waals surface area contributed by atoms with Crippen LogP contribution >= 0.6 is 11.8 Å². The van der Waals surface area contributed by atoms with Crippen LogP contribution in [0.25, 0.3) is 11.4 Å². The lowest BCUT2D eigenvalue weighted by molar-refractivity contribution is 0.101. The minimum atomic E-state index is -0.745. The molecular formula is C23H27N3O5S. The Labute approximate surface area is 191 Å². The number of benzene rings is 2. The first-order valence-corrected chi connectivity index (χ1v) is 11.1. The standard InChI is InChI=1S/C23H27N3O5S/c1-16(27)18-9-10-20(21(13-18)30-3)31-14-19(28)15-32-23-25-24-22(26(23)11-12-29-2)17-7-5-4-6-8-17/h4-10,13,19,28H,11-12,14-15H2,1-3H3. The lowest BCUT2D eigenvalue weighted by Gasteiger charge is -2.15. The number of carbonyl (C=O) groups is 1. The van der Waals surface area contributed by atoms with Gasteiger partial charge in [-0.05, 0) is 25.1 Å². The number of nitrogens with zero attached hydrogens (tertiary/aromatic N) is 3. The highest BCUT2D eigenvalue weighted by Gasteiger charge is 2.17. The Morgan fingerprint density at radius 3 is 2.59 bits per heavy atom. The molecule has 1 aromatic heterocycles. The molecule has 0 aliphatic carbocycles. The van der Waals surface area contributed by atoms with Gasteiger partial charge in [0.2, 0.25) is 0 Å². The normalized spacial score (nSPS) is 11.9. The fourth-order valence-corrected chi connectivity index (χ4v) is 3.86.